The van der Waals surface area contributed by atoms with Crippen LogP contribution in [0.5, 0.6) is 0 Å². The monoisotopic (exact) mass is 236 g/mol. The molecule has 1 N–H and O–H groups in total. The Hall–Kier alpha value is -1.88. The molecule has 0 aliphatic carbocycles. The number of hydrogen-bond donors (Lipinski definition) is 1. The van der Waals surface area contributed by atoms with Crippen molar-refractivity contribution in [3.05, 3.63) is 47.5 Å². The molecule has 5 heteroatoms. The van der Waals surface area contributed by atoms with Gasteiger partial charge in [0.1, 0.15) is 18.2 Å². The van der Waals surface area contributed by atoms with E-state index in [2.05, 4.69) is 9.97 Å². The minimum Gasteiger partial charge on any atom is -0.388 e. The lowest BCUT2D eigenvalue weighted by Crippen LogP contribution is -1.98. The Morgan fingerprint density at radius 2 is 1.82 bits per heavy atom. The highest BCUT2D eigenvalue weighted by Crippen LogP contribution is 2.23. The first kappa shape index (κ1) is 11.6. The lowest BCUT2D eigenvalue weighted by Gasteiger charge is -2.06. The van der Waals surface area contributed by atoms with Gasteiger partial charge in [0, 0.05) is 23.5 Å². The van der Waals surface area contributed by atoms with Gasteiger partial charge >= 0.3 is 0 Å². The fraction of sp³-hybridized carbons (Fsp3) is 0.167. The highest BCUT2D eigenvalue weighted by atomic mass is 19.1. The first-order valence-electron chi connectivity index (χ1n) is 5.00. The quantitative estimate of drug-likeness (QED) is 0.869. The predicted molar refractivity (Wildman–Crippen MR) is 58.0 cm³/mol. The maximum atomic E-state index is 13.1. The highest BCUT2D eigenvalue weighted by Gasteiger charge is 2.08. The number of hydrogen-bond acceptors (Lipinski definition) is 3. The zero-order valence-electron chi connectivity index (χ0n) is 9.11. The van der Waals surface area contributed by atoms with Crippen LogP contribution in [0.15, 0.2) is 24.4 Å². The molecule has 0 radical (unpaired) electrons. The zero-order valence-corrected chi connectivity index (χ0v) is 9.11. The first-order valence-corrected chi connectivity index (χ1v) is 5.00. The molecular formula is C12H10F2N2O. The summed E-state index contributed by atoms with van der Waals surface area (Å²) >= 11 is 0. The van der Waals surface area contributed by atoms with Crippen molar-refractivity contribution >= 4 is 0 Å². The Kier molecular flexibility index (Phi) is 3.10. The van der Waals surface area contributed by atoms with E-state index in [-0.39, 0.29) is 12.4 Å². The minimum atomic E-state index is -0.648. The van der Waals surface area contributed by atoms with Gasteiger partial charge in [-0.15, -0.1) is 0 Å². The Morgan fingerprint density at radius 3 is 2.35 bits per heavy atom. The Labute approximate surface area is 96.8 Å². The van der Waals surface area contributed by atoms with E-state index in [0.29, 0.717) is 16.8 Å². The minimum absolute atomic E-state index is 0.265. The fourth-order valence-electron chi connectivity index (χ4n) is 1.58. The van der Waals surface area contributed by atoms with Crippen molar-refractivity contribution in [2.45, 2.75) is 13.5 Å². The van der Waals surface area contributed by atoms with Gasteiger partial charge in [-0.05, 0) is 24.6 Å². The molecule has 2 aromatic rings. The van der Waals surface area contributed by atoms with Crippen molar-refractivity contribution in [1.82, 2.24) is 9.97 Å². The number of aliphatic hydroxyl groups excluding tert-OH is 1. The second kappa shape index (κ2) is 4.55. The molecule has 0 saturated heterocycles. The topological polar surface area (TPSA) is 46.0 Å². The molecule has 0 fully saturated rings. The van der Waals surface area contributed by atoms with Gasteiger partial charge in [-0.2, -0.15) is 0 Å². The second-order valence-corrected chi connectivity index (χ2v) is 3.60. The van der Waals surface area contributed by atoms with Crippen molar-refractivity contribution < 1.29 is 13.9 Å². The van der Waals surface area contributed by atoms with Gasteiger partial charge in [0.15, 0.2) is 5.82 Å². The highest BCUT2D eigenvalue weighted by molar-refractivity contribution is 5.64. The smallest absolute Gasteiger partial charge is 0.153 e. The molecule has 0 bridgehead atoms. The van der Waals surface area contributed by atoms with Crippen molar-refractivity contribution in [1.29, 1.82) is 0 Å². The molecule has 3 nitrogen and oxygen atoms in total. The second-order valence-electron chi connectivity index (χ2n) is 3.60. The van der Waals surface area contributed by atoms with Crippen LogP contribution in [0.25, 0.3) is 11.1 Å². The largest absolute Gasteiger partial charge is 0.388 e. The number of benzene rings is 1. The fourth-order valence-corrected chi connectivity index (χ4v) is 1.58. The molecule has 0 spiro atoms. The van der Waals surface area contributed by atoms with E-state index < -0.39 is 11.6 Å². The number of rotatable bonds is 2. The molecule has 0 aliphatic rings. The van der Waals surface area contributed by atoms with Crippen LogP contribution in [0.4, 0.5) is 8.78 Å². The number of halogens is 2. The van der Waals surface area contributed by atoms with Crippen LogP contribution in [0.1, 0.15) is 11.5 Å². The standard InChI is InChI=1S/C12H10F2N2O/c1-7-11(5-15-12(6-17)16-7)8-2-9(13)4-10(14)3-8/h2-5,17H,6H2,1H3. The van der Waals surface area contributed by atoms with E-state index in [1.807, 2.05) is 0 Å². The van der Waals surface area contributed by atoms with Gasteiger partial charge in [0.05, 0.1) is 0 Å². The number of nitrogens with zero attached hydrogens (tertiary/aromatic N) is 2. The Morgan fingerprint density at radius 1 is 1.18 bits per heavy atom. The van der Waals surface area contributed by atoms with Gasteiger partial charge < -0.3 is 5.11 Å². The molecule has 1 heterocycles. The summed E-state index contributed by atoms with van der Waals surface area (Å²) in [5.41, 5.74) is 1.49. The molecule has 0 saturated carbocycles. The summed E-state index contributed by atoms with van der Waals surface area (Å²) in [5.74, 6) is -1.01. The van der Waals surface area contributed by atoms with Gasteiger partial charge in [-0.25, -0.2) is 18.7 Å². The molecule has 17 heavy (non-hydrogen) atoms. The van der Waals surface area contributed by atoms with Crippen LogP contribution in [0.3, 0.4) is 0 Å². The summed E-state index contributed by atoms with van der Waals surface area (Å²) < 4.78 is 26.1. The molecule has 0 unspecified atom stereocenters. The van der Waals surface area contributed by atoms with E-state index >= 15 is 0 Å². The maximum absolute atomic E-state index is 13.1. The summed E-state index contributed by atoms with van der Waals surface area (Å²) in [6, 6.07) is 3.24. The molecule has 1 aromatic heterocycles. The Balaban J connectivity index is 2.52. The molecule has 2 rings (SSSR count). The van der Waals surface area contributed by atoms with Gasteiger partial charge in [0.2, 0.25) is 0 Å². The van der Waals surface area contributed by atoms with Crippen LogP contribution in [-0.2, 0) is 6.61 Å². The first-order chi connectivity index (χ1) is 8.10. The van der Waals surface area contributed by atoms with Crippen molar-refractivity contribution in [3.8, 4) is 11.1 Å². The Bertz CT molecular complexity index is 538. The number of aryl methyl sites for hydroxylation is 1. The average Bonchev–Trinajstić information content (AvgIpc) is 2.27. The van der Waals surface area contributed by atoms with Crippen molar-refractivity contribution in [3.63, 3.8) is 0 Å². The SMILES string of the molecule is Cc1nc(CO)ncc1-c1cc(F)cc(F)c1. The van der Waals surface area contributed by atoms with Crippen molar-refractivity contribution in [2.75, 3.05) is 0 Å². The third-order valence-electron chi connectivity index (χ3n) is 2.34. The van der Waals surface area contributed by atoms with E-state index in [9.17, 15) is 8.78 Å². The average molecular weight is 236 g/mol. The van der Waals surface area contributed by atoms with Gasteiger partial charge in [-0.1, -0.05) is 0 Å². The van der Waals surface area contributed by atoms with Crippen LogP contribution >= 0.6 is 0 Å². The zero-order chi connectivity index (χ0) is 12.4. The van der Waals surface area contributed by atoms with Gasteiger partial charge in [0.25, 0.3) is 0 Å². The number of aliphatic hydroxyl groups is 1. The lowest BCUT2D eigenvalue weighted by atomic mass is 10.1. The van der Waals surface area contributed by atoms with Crippen LogP contribution in [-0.4, -0.2) is 15.1 Å². The van der Waals surface area contributed by atoms with E-state index in [0.717, 1.165) is 6.07 Å². The van der Waals surface area contributed by atoms with Crippen molar-refractivity contribution in [2.24, 2.45) is 0 Å². The normalized spacial score (nSPS) is 10.6. The van der Waals surface area contributed by atoms with Crippen LogP contribution < -0.4 is 0 Å². The van der Waals surface area contributed by atoms with Crippen LogP contribution in [0, 0.1) is 18.6 Å². The van der Waals surface area contributed by atoms with E-state index in [1.54, 1.807) is 6.92 Å². The molecule has 0 aliphatic heterocycles. The maximum Gasteiger partial charge on any atom is 0.153 e. The third-order valence-corrected chi connectivity index (χ3v) is 2.34. The molecule has 0 amide bonds. The third kappa shape index (κ3) is 2.45. The molecular weight excluding hydrogens is 226 g/mol. The molecule has 0 atom stereocenters. The van der Waals surface area contributed by atoms with Gasteiger partial charge in [-0.3, -0.25) is 0 Å². The summed E-state index contributed by atoms with van der Waals surface area (Å²) in [5, 5.41) is 8.87. The lowest BCUT2D eigenvalue weighted by molar-refractivity contribution is 0.271. The summed E-state index contributed by atoms with van der Waals surface area (Å²) in [7, 11) is 0. The predicted octanol–water partition coefficient (Wildman–Crippen LogP) is 2.22. The van der Waals surface area contributed by atoms with E-state index in [4.69, 9.17) is 5.11 Å². The van der Waals surface area contributed by atoms with E-state index in [1.165, 1.54) is 18.3 Å². The summed E-state index contributed by atoms with van der Waals surface area (Å²) in [6.07, 6.45) is 1.45. The summed E-state index contributed by atoms with van der Waals surface area (Å²) in [6.45, 7) is 1.43. The molecule has 1 aromatic carbocycles. The summed E-state index contributed by atoms with van der Waals surface area (Å²) in [4.78, 5) is 7.91. The number of aromatic nitrogens is 2. The van der Waals surface area contributed by atoms with Crippen LogP contribution in [0.2, 0.25) is 0 Å². The molecule has 88 valence electrons.